The summed E-state index contributed by atoms with van der Waals surface area (Å²) < 4.78 is 15.4. The molecule has 0 spiro atoms. The second-order valence-corrected chi connectivity index (χ2v) is 6.44. The van der Waals surface area contributed by atoms with Gasteiger partial charge in [-0.05, 0) is 37.0 Å². The lowest BCUT2D eigenvalue weighted by Crippen LogP contribution is -2.40. The Bertz CT molecular complexity index is 687. The van der Waals surface area contributed by atoms with Crippen LogP contribution in [0.25, 0.3) is 0 Å². The molecular weight excluding hydrogens is 352 g/mol. The van der Waals surface area contributed by atoms with Crippen molar-refractivity contribution in [3.05, 3.63) is 23.8 Å². The van der Waals surface area contributed by atoms with Gasteiger partial charge < -0.3 is 24.4 Å². The lowest BCUT2D eigenvalue weighted by molar-refractivity contribution is -0.151. The molecule has 0 aromatic heterocycles. The van der Waals surface area contributed by atoms with E-state index in [0.717, 1.165) is 18.4 Å². The molecule has 2 rings (SSSR count). The highest BCUT2D eigenvalue weighted by molar-refractivity contribution is 5.86. The van der Waals surface area contributed by atoms with Gasteiger partial charge in [-0.15, -0.1) is 0 Å². The normalized spacial score (nSPS) is 12.9. The third kappa shape index (κ3) is 6.80. The summed E-state index contributed by atoms with van der Waals surface area (Å²) in [6, 6.07) is 5.65. The third-order valence-electron chi connectivity index (χ3n) is 4.17. The largest absolute Gasteiger partial charge is 0.493 e. The van der Waals surface area contributed by atoms with Crippen LogP contribution in [0, 0.1) is 0 Å². The molecule has 0 bridgehead atoms. The molecule has 2 amide bonds. The van der Waals surface area contributed by atoms with Gasteiger partial charge in [0.2, 0.25) is 5.91 Å². The van der Waals surface area contributed by atoms with Crippen LogP contribution in [0.4, 0.5) is 0 Å². The van der Waals surface area contributed by atoms with E-state index < -0.39 is 11.9 Å². The number of nitrogens with zero attached hydrogens (tertiary/aromatic N) is 1. The lowest BCUT2D eigenvalue weighted by Gasteiger charge is -2.16. The number of esters is 1. The van der Waals surface area contributed by atoms with E-state index in [-0.39, 0.29) is 31.5 Å². The maximum absolute atomic E-state index is 12.0. The Morgan fingerprint density at radius 2 is 1.85 bits per heavy atom. The molecule has 0 heterocycles. The summed E-state index contributed by atoms with van der Waals surface area (Å²) in [6.45, 7) is -0.420. The van der Waals surface area contributed by atoms with Crippen molar-refractivity contribution in [2.75, 3.05) is 34.4 Å². The van der Waals surface area contributed by atoms with Crippen LogP contribution >= 0.6 is 0 Å². The van der Waals surface area contributed by atoms with E-state index in [9.17, 15) is 14.4 Å². The summed E-state index contributed by atoms with van der Waals surface area (Å²) in [6.07, 6.45) is 2.56. The molecule has 0 atom stereocenters. The van der Waals surface area contributed by atoms with E-state index >= 15 is 0 Å². The first-order chi connectivity index (χ1) is 12.9. The van der Waals surface area contributed by atoms with Gasteiger partial charge >= 0.3 is 5.97 Å². The molecule has 0 saturated heterocycles. The predicted molar refractivity (Wildman–Crippen MR) is 97.6 cm³/mol. The van der Waals surface area contributed by atoms with Crippen molar-refractivity contribution in [1.29, 1.82) is 0 Å². The minimum Gasteiger partial charge on any atom is -0.493 e. The average Bonchev–Trinajstić information content (AvgIpc) is 3.47. The van der Waals surface area contributed by atoms with Gasteiger partial charge in [-0.3, -0.25) is 14.4 Å². The van der Waals surface area contributed by atoms with E-state index in [1.807, 2.05) is 6.07 Å². The average molecular weight is 378 g/mol. The van der Waals surface area contributed by atoms with Crippen LogP contribution in [0.5, 0.6) is 11.5 Å². The Hall–Kier alpha value is -2.77. The second kappa shape index (κ2) is 9.80. The van der Waals surface area contributed by atoms with Crippen molar-refractivity contribution < 1.29 is 28.6 Å². The molecule has 27 heavy (non-hydrogen) atoms. The molecule has 0 radical (unpaired) electrons. The highest BCUT2D eigenvalue weighted by atomic mass is 16.5. The number of nitrogens with one attached hydrogen (secondary N) is 1. The van der Waals surface area contributed by atoms with Crippen molar-refractivity contribution >= 4 is 17.8 Å². The van der Waals surface area contributed by atoms with Crippen LogP contribution < -0.4 is 14.8 Å². The third-order valence-corrected chi connectivity index (χ3v) is 4.17. The van der Waals surface area contributed by atoms with E-state index in [0.29, 0.717) is 17.9 Å². The van der Waals surface area contributed by atoms with Gasteiger partial charge in [0.1, 0.15) is 0 Å². The molecule has 1 N–H and O–H groups in total. The Morgan fingerprint density at radius 1 is 1.15 bits per heavy atom. The lowest BCUT2D eigenvalue weighted by atomic mass is 10.1. The monoisotopic (exact) mass is 378 g/mol. The maximum atomic E-state index is 12.0. The molecule has 148 valence electrons. The van der Waals surface area contributed by atoms with Gasteiger partial charge in [-0.2, -0.15) is 0 Å². The zero-order chi connectivity index (χ0) is 19.8. The molecule has 0 aliphatic heterocycles. The molecule has 0 unspecified atom stereocenters. The zero-order valence-electron chi connectivity index (χ0n) is 15.9. The first-order valence-corrected chi connectivity index (χ1v) is 8.82. The minimum absolute atomic E-state index is 0.0431. The van der Waals surface area contributed by atoms with Gasteiger partial charge in [0, 0.05) is 19.5 Å². The van der Waals surface area contributed by atoms with Crippen molar-refractivity contribution in [2.24, 2.45) is 0 Å². The van der Waals surface area contributed by atoms with Crippen molar-refractivity contribution in [1.82, 2.24) is 10.2 Å². The summed E-state index contributed by atoms with van der Waals surface area (Å²) >= 11 is 0. The Kier molecular flexibility index (Phi) is 7.45. The van der Waals surface area contributed by atoms with Gasteiger partial charge in [-0.25, -0.2) is 0 Å². The summed E-state index contributed by atoms with van der Waals surface area (Å²) in [4.78, 5) is 36.7. The zero-order valence-corrected chi connectivity index (χ0v) is 15.9. The van der Waals surface area contributed by atoms with E-state index in [4.69, 9.17) is 14.2 Å². The fraction of sp³-hybridized carbons (Fsp3) is 0.526. The fourth-order valence-corrected chi connectivity index (χ4v) is 2.41. The predicted octanol–water partition coefficient (Wildman–Crippen LogP) is 0.917. The van der Waals surface area contributed by atoms with E-state index in [2.05, 4.69) is 5.32 Å². The first-order valence-electron chi connectivity index (χ1n) is 8.82. The molecule has 1 saturated carbocycles. The number of likely N-dealkylation sites (N-methyl/N-ethyl adjacent to an activating group) is 1. The SMILES string of the molecule is COc1ccc(CCC(=O)OCC(=O)N(C)CC(=O)NC2CC2)cc1OC. The molecule has 8 heteroatoms. The number of ether oxygens (including phenoxy) is 3. The molecular formula is C19H26N2O6. The maximum Gasteiger partial charge on any atom is 0.306 e. The second-order valence-electron chi connectivity index (χ2n) is 6.44. The number of methoxy groups -OCH3 is 2. The minimum atomic E-state index is -0.478. The number of hydrogen-bond donors (Lipinski definition) is 1. The molecule has 8 nitrogen and oxygen atoms in total. The number of amides is 2. The molecule has 1 aromatic rings. The van der Waals surface area contributed by atoms with Crippen LogP contribution in [0.15, 0.2) is 18.2 Å². The van der Waals surface area contributed by atoms with Crippen molar-refractivity contribution in [3.63, 3.8) is 0 Å². The highest BCUT2D eigenvalue weighted by Gasteiger charge is 2.24. The highest BCUT2D eigenvalue weighted by Crippen LogP contribution is 2.28. The number of hydrogen-bond acceptors (Lipinski definition) is 6. The van der Waals surface area contributed by atoms with Gasteiger partial charge in [0.25, 0.3) is 5.91 Å². The number of rotatable bonds is 10. The summed E-state index contributed by atoms with van der Waals surface area (Å²) in [5, 5.41) is 2.80. The number of aryl methyl sites for hydroxylation is 1. The first kappa shape index (κ1) is 20.5. The van der Waals surface area contributed by atoms with E-state index in [1.165, 1.54) is 11.9 Å². The number of benzene rings is 1. The number of carbonyl (C=O) groups is 3. The Labute approximate surface area is 158 Å². The van der Waals surface area contributed by atoms with Crippen LogP contribution in [-0.2, 0) is 25.5 Å². The standard InChI is InChI=1S/C19H26N2O6/c1-21(11-17(22)20-14-6-7-14)18(23)12-27-19(24)9-5-13-4-8-15(25-2)16(10-13)26-3/h4,8,10,14H,5-7,9,11-12H2,1-3H3,(H,20,22). The van der Waals surface area contributed by atoms with Crippen molar-refractivity contribution in [2.45, 2.75) is 31.7 Å². The molecule has 1 aliphatic carbocycles. The van der Waals surface area contributed by atoms with Crippen LogP contribution in [0.2, 0.25) is 0 Å². The Balaban J connectivity index is 1.70. The molecule has 1 aliphatic rings. The van der Waals surface area contributed by atoms with Gasteiger partial charge in [0.15, 0.2) is 18.1 Å². The smallest absolute Gasteiger partial charge is 0.306 e. The van der Waals surface area contributed by atoms with E-state index in [1.54, 1.807) is 26.4 Å². The quantitative estimate of drug-likeness (QED) is 0.609. The van der Waals surface area contributed by atoms with Crippen LogP contribution in [0.1, 0.15) is 24.8 Å². The van der Waals surface area contributed by atoms with Crippen LogP contribution in [0.3, 0.4) is 0 Å². The summed E-state index contributed by atoms with van der Waals surface area (Å²) in [5.74, 6) is 0.107. The summed E-state index contributed by atoms with van der Waals surface area (Å²) in [7, 11) is 4.60. The topological polar surface area (TPSA) is 94.2 Å². The van der Waals surface area contributed by atoms with Crippen molar-refractivity contribution in [3.8, 4) is 11.5 Å². The molecule has 1 aromatic carbocycles. The van der Waals surface area contributed by atoms with Gasteiger partial charge in [-0.1, -0.05) is 6.07 Å². The Morgan fingerprint density at radius 3 is 2.48 bits per heavy atom. The fourth-order valence-electron chi connectivity index (χ4n) is 2.41. The number of carbonyl (C=O) groups excluding carboxylic acids is 3. The molecule has 1 fully saturated rings. The van der Waals surface area contributed by atoms with Gasteiger partial charge in [0.05, 0.1) is 20.8 Å². The summed E-state index contributed by atoms with van der Waals surface area (Å²) in [5.41, 5.74) is 0.893. The van der Waals surface area contributed by atoms with Crippen LogP contribution in [-0.4, -0.2) is 63.1 Å².